The molecule has 5 atom stereocenters. The first-order chi connectivity index (χ1) is 31.5. The SMILES string of the molecule is CC/C=C\C=C/CCC[C@H]1O[C@@H]1C#CC#CCCC(=O)OC[C@@H](OC(=O)CCC#CC#C[C@H]1O[C@@H]1CCC/C=C\C=C/CC)OC(=O)CCCCCCCCCCCCCCCCC. The maximum absolute atomic E-state index is 12.8. The van der Waals surface area contributed by atoms with Gasteiger partial charge in [0.2, 0.25) is 0 Å². The summed E-state index contributed by atoms with van der Waals surface area (Å²) in [5, 5.41) is 0. The summed E-state index contributed by atoms with van der Waals surface area (Å²) in [6.45, 7) is 6.08. The first kappa shape index (κ1) is 55.7. The average Bonchev–Trinajstić information content (AvgIpc) is 4.22. The minimum Gasteiger partial charge on any atom is -0.458 e. The Labute approximate surface area is 388 Å². The fourth-order valence-corrected chi connectivity index (χ4v) is 6.77. The Hall–Kier alpha value is -4.47. The summed E-state index contributed by atoms with van der Waals surface area (Å²) < 4.78 is 27.5. The van der Waals surface area contributed by atoms with Crippen molar-refractivity contribution in [2.75, 3.05) is 6.61 Å². The minimum absolute atomic E-state index is 0.0173. The van der Waals surface area contributed by atoms with Crippen LogP contribution in [0, 0.1) is 47.4 Å². The molecule has 8 heteroatoms. The van der Waals surface area contributed by atoms with Crippen LogP contribution in [0.4, 0.5) is 0 Å². The second-order valence-corrected chi connectivity index (χ2v) is 16.5. The number of rotatable bonds is 36. The maximum Gasteiger partial charge on any atom is 0.309 e. The highest BCUT2D eigenvalue weighted by atomic mass is 16.7. The number of carbonyl (C=O) groups excluding carboxylic acids is 3. The van der Waals surface area contributed by atoms with Gasteiger partial charge in [0.1, 0.15) is 12.2 Å². The van der Waals surface area contributed by atoms with Crippen LogP contribution < -0.4 is 0 Å². The van der Waals surface area contributed by atoms with Crippen LogP contribution in [0.2, 0.25) is 0 Å². The van der Waals surface area contributed by atoms with Gasteiger partial charge in [0.05, 0.1) is 25.0 Å². The van der Waals surface area contributed by atoms with Gasteiger partial charge in [-0.3, -0.25) is 14.4 Å². The van der Waals surface area contributed by atoms with Crippen LogP contribution in [0.5, 0.6) is 0 Å². The van der Waals surface area contributed by atoms with Crippen LogP contribution in [-0.4, -0.2) is 55.2 Å². The van der Waals surface area contributed by atoms with Gasteiger partial charge in [-0.25, -0.2) is 0 Å². The van der Waals surface area contributed by atoms with Gasteiger partial charge in [0.25, 0.3) is 6.29 Å². The number of hydrogen-bond donors (Lipinski definition) is 0. The molecule has 0 amide bonds. The minimum atomic E-state index is -1.35. The molecule has 8 nitrogen and oxygen atoms in total. The molecule has 0 aromatic carbocycles. The highest BCUT2D eigenvalue weighted by Gasteiger charge is 2.37. The van der Waals surface area contributed by atoms with E-state index >= 15 is 0 Å². The molecule has 2 rings (SSSR count). The lowest BCUT2D eigenvalue weighted by Gasteiger charge is -2.18. The summed E-state index contributed by atoms with van der Waals surface area (Å²) in [7, 11) is 0. The third kappa shape index (κ3) is 34.0. The molecule has 64 heavy (non-hydrogen) atoms. The van der Waals surface area contributed by atoms with Crippen molar-refractivity contribution in [2.45, 2.75) is 231 Å². The molecule has 0 aromatic rings. The number of esters is 3. The molecule has 2 aliphatic rings. The Morgan fingerprint density at radius 2 is 0.922 bits per heavy atom. The lowest BCUT2D eigenvalue weighted by atomic mass is 10.0. The lowest BCUT2D eigenvalue weighted by molar-refractivity contribution is -0.199. The molecule has 0 aliphatic carbocycles. The molecule has 0 N–H and O–H groups in total. The van der Waals surface area contributed by atoms with E-state index in [2.05, 4.69) is 117 Å². The highest BCUT2D eigenvalue weighted by Crippen LogP contribution is 2.27. The summed E-state index contributed by atoms with van der Waals surface area (Å²) >= 11 is 0. The molecule has 0 radical (unpaired) electrons. The van der Waals surface area contributed by atoms with Crippen molar-refractivity contribution >= 4 is 17.9 Å². The standard InChI is InChI=1S/C56H80O8/c1-4-7-10-13-16-17-18-19-20-21-22-23-26-29-39-46-54(58)63-56(64-55(59)47-40-33-31-37-44-52-50(62-52)42-35-28-25-15-12-9-6-3)48-60-53(57)45-38-32-30-36-43-51-49(61-51)41-34-27-24-14-11-8-5-2/h8-9,11-12,14-15,24-25,49-52,56H,4-7,10,13,16-23,26-29,34-35,38-42,45-48H2,1-3H3/b11-8-,12-9-,24-14-,25-15-/t49-,50-,51-,52-,56-/m1/s1. The van der Waals surface area contributed by atoms with E-state index in [9.17, 15) is 14.4 Å². The molecular weight excluding hydrogens is 801 g/mol. The Bertz CT molecular complexity index is 1660. The van der Waals surface area contributed by atoms with Crippen LogP contribution in [0.1, 0.15) is 201 Å². The van der Waals surface area contributed by atoms with E-state index in [-0.39, 0.29) is 56.5 Å². The average molecular weight is 881 g/mol. The molecule has 2 saturated heterocycles. The Morgan fingerprint density at radius 1 is 0.500 bits per heavy atom. The summed E-state index contributed by atoms with van der Waals surface area (Å²) in [6, 6.07) is 0. The van der Waals surface area contributed by atoms with Crippen LogP contribution in [0.3, 0.4) is 0 Å². The van der Waals surface area contributed by atoms with Crippen molar-refractivity contribution in [3.8, 4) is 47.4 Å². The first-order valence-electron chi connectivity index (χ1n) is 24.9. The van der Waals surface area contributed by atoms with E-state index in [1.165, 1.54) is 70.6 Å². The fraction of sp³-hybridized carbons (Fsp3) is 0.661. The zero-order valence-electron chi connectivity index (χ0n) is 39.8. The Kier molecular flexibility index (Phi) is 34.8. The predicted octanol–water partition coefficient (Wildman–Crippen LogP) is 12.7. The molecule has 2 heterocycles. The van der Waals surface area contributed by atoms with Crippen molar-refractivity contribution in [3.05, 3.63) is 48.6 Å². The van der Waals surface area contributed by atoms with Crippen molar-refractivity contribution < 1.29 is 38.1 Å². The molecule has 2 aliphatic heterocycles. The van der Waals surface area contributed by atoms with Crippen molar-refractivity contribution in [1.82, 2.24) is 0 Å². The van der Waals surface area contributed by atoms with Crippen molar-refractivity contribution in [1.29, 1.82) is 0 Å². The largest absolute Gasteiger partial charge is 0.458 e. The quantitative estimate of drug-likeness (QED) is 0.0153. The van der Waals surface area contributed by atoms with E-state index < -0.39 is 30.8 Å². The van der Waals surface area contributed by atoms with Crippen LogP contribution in [0.15, 0.2) is 48.6 Å². The number of epoxide rings is 2. The summed E-state index contributed by atoms with van der Waals surface area (Å²) in [5.74, 6) is 21.3. The maximum atomic E-state index is 12.8. The van der Waals surface area contributed by atoms with Gasteiger partial charge < -0.3 is 23.7 Å². The third-order valence-corrected chi connectivity index (χ3v) is 10.7. The molecule has 0 spiro atoms. The third-order valence-electron chi connectivity index (χ3n) is 10.7. The molecule has 2 fully saturated rings. The lowest BCUT2D eigenvalue weighted by Crippen LogP contribution is -2.30. The van der Waals surface area contributed by atoms with E-state index in [0.29, 0.717) is 6.42 Å². The summed E-state index contributed by atoms with van der Waals surface area (Å²) in [5.41, 5.74) is 0. The number of carbonyl (C=O) groups is 3. The highest BCUT2D eigenvalue weighted by molar-refractivity contribution is 5.72. The zero-order valence-corrected chi connectivity index (χ0v) is 39.8. The Balaban J connectivity index is 1.70. The van der Waals surface area contributed by atoms with Gasteiger partial charge in [-0.15, -0.1) is 0 Å². The monoisotopic (exact) mass is 881 g/mol. The number of ether oxygens (including phenoxy) is 5. The smallest absolute Gasteiger partial charge is 0.309 e. The van der Waals surface area contributed by atoms with E-state index in [1.54, 1.807) is 0 Å². The molecule has 0 bridgehead atoms. The topological polar surface area (TPSA) is 104 Å². The normalized spacial score (nSPS) is 17.7. The van der Waals surface area contributed by atoms with E-state index in [1.807, 2.05) is 0 Å². The molecule has 352 valence electrons. The van der Waals surface area contributed by atoms with Gasteiger partial charge >= 0.3 is 17.9 Å². The molecule has 0 saturated carbocycles. The number of unbranched alkanes of at least 4 members (excludes halogenated alkanes) is 16. The second kappa shape index (κ2) is 40.1. The first-order valence-corrected chi connectivity index (χ1v) is 24.9. The Morgan fingerprint density at radius 3 is 1.39 bits per heavy atom. The van der Waals surface area contributed by atoms with Gasteiger partial charge in [-0.2, -0.15) is 0 Å². The second-order valence-electron chi connectivity index (χ2n) is 16.5. The zero-order chi connectivity index (χ0) is 46.0. The van der Waals surface area contributed by atoms with E-state index in [0.717, 1.165) is 70.6 Å². The van der Waals surface area contributed by atoms with Crippen molar-refractivity contribution in [2.24, 2.45) is 0 Å². The van der Waals surface area contributed by atoms with E-state index in [4.69, 9.17) is 23.7 Å². The van der Waals surface area contributed by atoms with Gasteiger partial charge in [-0.05, 0) is 81.5 Å². The predicted molar refractivity (Wildman–Crippen MR) is 258 cm³/mol. The van der Waals surface area contributed by atoms with Gasteiger partial charge in [-0.1, -0.05) is 183 Å². The number of hydrogen-bond acceptors (Lipinski definition) is 8. The van der Waals surface area contributed by atoms with Gasteiger partial charge in [0.15, 0.2) is 6.61 Å². The van der Waals surface area contributed by atoms with Crippen LogP contribution >= 0.6 is 0 Å². The molecular formula is C56H80O8. The number of allylic oxidation sites excluding steroid dienone is 8. The fourth-order valence-electron chi connectivity index (χ4n) is 6.77. The summed E-state index contributed by atoms with van der Waals surface area (Å²) in [6.07, 6.45) is 42.8. The summed E-state index contributed by atoms with van der Waals surface area (Å²) in [4.78, 5) is 38.0. The van der Waals surface area contributed by atoms with Gasteiger partial charge in [0, 0.05) is 19.3 Å². The molecule has 0 unspecified atom stereocenters. The van der Waals surface area contributed by atoms with Crippen molar-refractivity contribution in [3.63, 3.8) is 0 Å². The molecule has 0 aromatic heterocycles. The van der Waals surface area contributed by atoms with Crippen LogP contribution in [-0.2, 0) is 38.1 Å². The van der Waals surface area contributed by atoms with Crippen LogP contribution in [0.25, 0.3) is 0 Å².